The number of aromatic carboxylic acids is 1. The summed E-state index contributed by atoms with van der Waals surface area (Å²) in [5.74, 6) is -0.520. The number of hydrogen-bond donors (Lipinski definition) is 1. The molecule has 2 aromatic carbocycles. The molecule has 2 amide bonds. The van der Waals surface area contributed by atoms with Gasteiger partial charge < -0.3 is 9.52 Å². The first kappa shape index (κ1) is 19.0. The summed E-state index contributed by atoms with van der Waals surface area (Å²) in [6.45, 7) is 0. The predicted octanol–water partition coefficient (Wildman–Crippen LogP) is 5.54. The Morgan fingerprint density at radius 3 is 2.34 bits per heavy atom. The first-order valence-electron chi connectivity index (χ1n) is 8.39. The number of furan rings is 1. The molecule has 1 fully saturated rings. The summed E-state index contributed by atoms with van der Waals surface area (Å²) in [5.41, 5.74) is 1.32. The summed E-state index contributed by atoms with van der Waals surface area (Å²) in [5, 5.41) is 9.08. The zero-order valence-corrected chi connectivity index (χ0v) is 16.2. The lowest BCUT2D eigenvalue weighted by atomic mass is 10.1. The van der Waals surface area contributed by atoms with E-state index in [0.29, 0.717) is 27.8 Å². The summed E-state index contributed by atoms with van der Waals surface area (Å²) in [7, 11) is 0. The van der Waals surface area contributed by atoms with E-state index in [9.17, 15) is 14.4 Å². The highest BCUT2D eigenvalue weighted by Crippen LogP contribution is 2.36. The number of anilines is 1. The fourth-order valence-electron chi connectivity index (χ4n) is 2.77. The van der Waals surface area contributed by atoms with Gasteiger partial charge in [-0.1, -0.05) is 23.7 Å². The van der Waals surface area contributed by atoms with Crippen LogP contribution < -0.4 is 4.90 Å². The molecule has 3 aromatic rings. The Labute approximate surface area is 174 Å². The zero-order valence-electron chi connectivity index (χ0n) is 14.7. The summed E-state index contributed by atoms with van der Waals surface area (Å²) >= 11 is 6.68. The SMILES string of the molecule is O=C(O)c1ccc(-c2ccc(/C=C3/SC(=O)N(c4ccc(Cl)cc4)C3=O)o2)cc1. The van der Waals surface area contributed by atoms with E-state index in [1.165, 1.54) is 18.2 Å². The Balaban J connectivity index is 1.57. The highest BCUT2D eigenvalue weighted by molar-refractivity contribution is 8.19. The van der Waals surface area contributed by atoms with Crippen molar-refractivity contribution >= 4 is 52.2 Å². The quantitative estimate of drug-likeness (QED) is 0.552. The van der Waals surface area contributed by atoms with Crippen molar-refractivity contribution in [1.29, 1.82) is 0 Å². The Hall–Kier alpha value is -3.29. The second-order valence-corrected chi connectivity index (χ2v) is 7.51. The van der Waals surface area contributed by atoms with E-state index in [0.717, 1.165) is 16.7 Å². The lowest BCUT2D eigenvalue weighted by Crippen LogP contribution is -2.27. The maximum atomic E-state index is 12.7. The monoisotopic (exact) mass is 425 g/mol. The molecule has 0 saturated carbocycles. The van der Waals surface area contributed by atoms with Gasteiger partial charge in [0.2, 0.25) is 0 Å². The standard InChI is InChI=1S/C21H12ClNO5S/c22-14-5-7-15(8-6-14)23-19(24)18(29-21(23)27)11-16-9-10-17(28-16)12-1-3-13(4-2-12)20(25)26/h1-11H,(H,25,26)/b18-11+. The highest BCUT2D eigenvalue weighted by Gasteiger charge is 2.36. The van der Waals surface area contributed by atoms with E-state index in [2.05, 4.69) is 0 Å². The van der Waals surface area contributed by atoms with Crippen molar-refractivity contribution in [2.24, 2.45) is 0 Å². The van der Waals surface area contributed by atoms with Gasteiger partial charge in [0.15, 0.2) is 0 Å². The molecule has 1 aliphatic rings. The van der Waals surface area contributed by atoms with Crippen LogP contribution in [0.25, 0.3) is 17.4 Å². The first-order valence-corrected chi connectivity index (χ1v) is 9.59. The molecule has 1 aliphatic heterocycles. The topological polar surface area (TPSA) is 87.8 Å². The molecular formula is C21H12ClNO5S. The number of thioether (sulfide) groups is 1. The van der Waals surface area contributed by atoms with Gasteiger partial charge in [-0.3, -0.25) is 9.59 Å². The van der Waals surface area contributed by atoms with Gasteiger partial charge >= 0.3 is 5.97 Å². The second kappa shape index (κ2) is 7.62. The Kier molecular flexibility index (Phi) is 5.00. The van der Waals surface area contributed by atoms with Crippen LogP contribution in [-0.4, -0.2) is 22.2 Å². The number of imide groups is 1. The fourth-order valence-corrected chi connectivity index (χ4v) is 3.72. The highest BCUT2D eigenvalue weighted by atomic mass is 35.5. The predicted molar refractivity (Wildman–Crippen MR) is 111 cm³/mol. The first-order chi connectivity index (χ1) is 13.9. The number of amides is 2. The van der Waals surface area contributed by atoms with Crippen LogP contribution in [0.15, 0.2) is 70.0 Å². The number of carboxylic acid groups (broad SMARTS) is 1. The average Bonchev–Trinajstić information content (AvgIpc) is 3.28. The molecule has 2 heterocycles. The van der Waals surface area contributed by atoms with E-state index in [1.54, 1.807) is 48.5 Å². The van der Waals surface area contributed by atoms with Gasteiger partial charge in [0, 0.05) is 16.7 Å². The van der Waals surface area contributed by atoms with Gasteiger partial charge in [0.25, 0.3) is 11.1 Å². The minimum Gasteiger partial charge on any atom is -0.478 e. The number of benzene rings is 2. The van der Waals surface area contributed by atoms with Crippen molar-refractivity contribution in [3.63, 3.8) is 0 Å². The second-order valence-electron chi connectivity index (χ2n) is 6.08. The van der Waals surface area contributed by atoms with E-state index >= 15 is 0 Å². The summed E-state index contributed by atoms with van der Waals surface area (Å²) in [6.07, 6.45) is 1.51. The van der Waals surface area contributed by atoms with Crippen molar-refractivity contribution in [1.82, 2.24) is 0 Å². The maximum absolute atomic E-state index is 12.7. The molecule has 0 spiro atoms. The van der Waals surface area contributed by atoms with Crippen LogP contribution in [-0.2, 0) is 4.79 Å². The number of carboxylic acids is 1. The summed E-state index contributed by atoms with van der Waals surface area (Å²) < 4.78 is 5.74. The molecule has 0 radical (unpaired) electrons. The van der Waals surface area contributed by atoms with Gasteiger partial charge in [-0.15, -0.1) is 0 Å². The van der Waals surface area contributed by atoms with E-state index in [4.69, 9.17) is 21.1 Å². The fraction of sp³-hybridized carbons (Fsp3) is 0. The van der Waals surface area contributed by atoms with Gasteiger partial charge in [-0.25, -0.2) is 9.69 Å². The molecule has 4 rings (SSSR count). The Bertz CT molecular complexity index is 1150. The van der Waals surface area contributed by atoms with Crippen LogP contribution in [0.2, 0.25) is 5.02 Å². The Morgan fingerprint density at radius 2 is 1.69 bits per heavy atom. The third-order valence-electron chi connectivity index (χ3n) is 4.20. The maximum Gasteiger partial charge on any atom is 0.335 e. The van der Waals surface area contributed by atoms with Gasteiger partial charge in [0.1, 0.15) is 11.5 Å². The number of nitrogens with zero attached hydrogens (tertiary/aromatic N) is 1. The summed E-state index contributed by atoms with van der Waals surface area (Å²) in [6, 6.07) is 16.1. The molecule has 1 aromatic heterocycles. The van der Waals surface area contributed by atoms with Crippen LogP contribution in [0.5, 0.6) is 0 Å². The van der Waals surface area contributed by atoms with Crippen molar-refractivity contribution in [3.8, 4) is 11.3 Å². The Morgan fingerprint density at radius 1 is 1.00 bits per heavy atom. The zero-order chi connectivity index (χ0) is 20.5. The van der Waals surface area contributed by atoms with Crippen molar-refractivity contribution in [2.45, 2.75) is 0 Å². The van der Waals surface area contributed by atoms with Crippen LogP contribution >= 0.6 is 23.4 Å². The molecule has 8 heteroatoms. The average molecular weight is 426 g/mol. The lowest BCUT2D eigenvalue weighted by molar-refractivity contribution is -0.113. The van der Waals surface area contributed by atoms with Crippen LogP contribution in [0.3, 0.4) is 0 Å². The molecule has 29 heavy (non-hydrogen) atoms. The van der Waals surface area contributed by atoms with Gasteiger partial charge in [-0.05, 0) is 60.3 Å². The van der Waals surface area contributed by atoms with Crippen LogP contribution in [0.1, 0.15) is 16.1 Å². The smallest absolute Gasteiger partial charge is 0.335 e. The van der Waals surface area contributed by atoms with Crippen LogP contribution in [0, 0.1) is 0 Å². The molecular weight excluding hydrogens is 414 g/mol. The summed E-state index contributed by atoms with van der Waals surface area (Å²) in [4.78, 5) is 37.2. The van der Waals surface area contributed by atoms with Gasteiger partial charge in [0.05, 0.1) is 16.2 Å². The number of hydrogen-bond acceptors (Lipinski definition) is 5. The van der Waals surface area contributed by atoms with E-state index in [-0.39, 0.29) is 10.5 Å². The molecule has 0 unspecified atom stereocenters. The molecule has 0 atom stereocenters. The number of rotatable bonds is 4. The number of carbonyl (C=O) groups is 3. The third-order valence-corrected chi connectivity index (χ3v) is 5.32. The molecule has 1 N–H and O–H groups in total. The van der Waals surface area contributed by atoms with E-state index in [1.807, 2.05) is 0 Å². The number of halogens is 1. The third kappa shape index (κ3) is 3.83. The lowest BCUT2D eigenvalue weighted by Gasteiger charge is -2.11. The molecule has 0 bridgehead atoms. The largest absolute Gasteiger partial charge is 0.478 e. The minimum atomic E-state index is -1.01. The van der Waals surface area contributed by atoms with Gasteiger partial charge in [-0.2, -0.15) is 0 Å². The molecule has 1 saturated heterocycles. The van der Waals surface area contributed by atoms with E-state index < -0.39 is 17.1 Å². The molecule has 144 valence electrons. The minimum absolute atomic E-state index is 0.177. The molecule has 6 nitrogen and oxygen atoms in total. The molecule has 0 aliphatic carbocycles. The normalized spacial score (nSPS) is 15.3. The van der Waals surface area contributed by atoms with Crippen molar-refractivity contribution < 1.29 is 23.9 Å². The van der Waals surface area contributed by atoms with Crippen molar-refractivity contribution in [3.05, 3.63) is 81.9 Å². The van der Waals surface area contributed by atoms with Crippen LogP contribution in [0.4, 0.5) is 10.5 Å². The number of carbonyl (C=O) groups excluding carboxylic acids is 2. The van der Waals surface area contributed by atoms with Crippen molar-refractivity contribution in [2.75, 3.05) is 4.90 Å².